The van der Waals surface area contributed by atoms with Gasteiger partial charge in [-0.3, -0.25) is 9.69 Å². The molecule has 5 heteroatoms. The molecule has 1 aromatic rings. The lowest BCUT2D eigenvalue weighted by molar-refractivity contribution is -0.137. The van der Waals surface area contributed by atoms with Gasteiger partial charge in [0.1, 0.15) is 5.82 Å². The number of benzene rings is 1. The fraction of sp³-hybridized carbons (Fsp3) is 0.462. The van der Waals surface area contributed by atoms with E-state index < -0.39 is 5.97 Å². The van der Waals surface area contributed by atoms with Crippen molar-refractivity contribution in [1.82, 2.24) is 4.90 Å². The van der Waals surface area contributed by atoms with E-state index in [1.165, 1.54) is 6.07 Å². The van der Waals surface area contributed by atoms with E-state index in [1.54, 1.807) is 12.1 Å². The average Bonchev–Trinajstić information content (AvgIpc) is 3.13. The lowest BCUT2D eigenvalue weighted by Gasteiger charge is -2.21. The molecule has 0 unspecified atom stereocenters. The van der Waals surface area contributed by atoms with Crippen LogP contribution in [0.25, 0.3) is 0 Å². The van der Waals surface area contributed by atoms with E-state index in [2.05, 4.69) is 20.8 Å². The minimum Gasteiger partial charge on any atom is -0.481 e. The van der Waals surface area contributed by atoms with Crippen LogP contribution in [0.1, 0.15) is 24.8 Å². The van der Waals surface area contributed by atoms with Gasteiger partial charge >= 0.3 is 5.97 Å². The number of aliphatic carboxylic acids is 1. The number of halogens is 2. The van der Waals surface area contributed by atoms with E-state index in [4.69, 9.17) is 5.11 Å². The average molecular weight is 316 g/mol. The molecule has 98 valence electrons. The molecule has 1 saturated carbocycles. The van der Waals surface area contributed by atoms with E-state index in [-0.39, 0.29) is 12.2 Å². The van der Waals surface area contributed by atoms with Crippen LogP contribution >= 0.6 is 15.9 Å². The molecule has 0 atom stereocenters. The largest absolute Gasteiger partial charge is 0.481 e. The highest BCUT2D eigenvalue weighted by Gasteiger charge is 2.29. The Labute approximate surface area is 114 Å². The van der Waals surface area contributed by atoms with E-state index in [0.29, 0.717) is 23.6 Å². The molecule has 1 fully saturated rings. The third kappa shape index (κ3) is 3.78. The van der Waals surface area contributed by atoms with Gasteiger partial charge in [-0.25, -0.2) is 4.39 Å². The van der Waals surface area contributed by atoms with Gasteiger partial charge in [0.25, 0.3) is 0 Å². The van der Waals surface area contributed by atoms with Crippen LogP contribution in [0.2, 0.25) is 0 Å². The van der Waals surface area contributed by atoms with Crippen LogP contribution in [0.3, 0.4) is 0 Å². The van der Waals surface area contributed by atoms with Crippen molar-refractivity contribution in [3.05, 3.63) is 34.1 Å². The third-order valence-electron chi connectivity index (χ3n) is 3.05. The molecule has 1 N–H and O–H groups in total. The summed E-state index contributed by atoms with van der Waals surface area (Å²) >= 11 is 3.16. The number of carbonyl (C=O) groups is 1. The van der Waals surface area contributed by atoms with Crippen LogP contribution in [0.15, 0.2) is 22.7 Å². The Hall–Kier alpha value is -0.940. The molecule has 3 nitrogen and oxygen atoms in total. The Balaban J connectivity index is 1.99. The monoisotopic (exact) mass is 315 g/mol. The van der Waals surface area contributed by atoms with Gasteiger partial charge in [-0.1, -0.05) is 6.07 Å². The molecule has 1 aliphatic carbocycles. The third-order valence-corrected chi connectivity index (χ3v) is 3.65. The molecule has 0 heterocycles. The minimum absolute atomic E-state index is 0.152. The second-order valence-corrected chi connectivity index (χ2v) is 5.45. The molecule has 18 heavy (non-hydrogen) atoms. The normalized spacial score (nSPS) is 15.1. The lowest BCUT2D eigenvalue weighted by Crippen LogP contribution is -2.28. The summed E-state index contributed by atoms with van der Waals surface area (Å²) in [6.45, 7) is 1.23. The number of hydrogen-bond donors (Lipinski definition) is 1. The fourth-order valence-corrected chi connectivity index (χ4v) is 2.37. The maximum atomic E-state index is 13.1. The molecular formula is C13H15BrFNO2. The highest BCUT2D eigenvalue weighted by atomic mass is 79.9. The predicted octanol–water partition coefficient (Wildman–Crippen LogP) is 3.03. The molecule has 0 bridgehead atoms. The van der Waals surface area contributed by atoms with Gasteiger partial charge in [-0.15, -0.1) is 0 Å². The number of carboxylic acids is 1. The summed E-state index contributed by atoms with van der Waals surface area (Å²) < 4.78 is 13.6. The summed E-state index contributed by atoms with van der Waals surface area (Å²) in [5, 5.41) is 8.73. The van der Waals surface area contributed by atoms with Gasteiger partial charge in [-0.05, 0) is 46.5 Å². The van der Waals surface area contributed by atoms with Crippen molar-refractivity contribution in [2.45, 2.75) is 31.8 Å². The quantitative estimate of drug-likeness (QED) is 0.877. The SMILES string of the molecule is O=C(O)CCN(Cc1ccc(F)c(Br)c1)C1CC1. The van der Waals surface area contributed by atoms with Crippen LogP contribution in [0, 0.1) is 5.82 Å². The lowest BCUT2D eigenvalue weighted by atomic mass is 10.2. The van der Waals surface area contributed by atoms with Crippen LogP contribution in [0.5, 0.6) is 0 Å². The second-order valence-electron chi connectivity index (χ2n) is 4.59. The van der Waals surface area contributed by atoms with Crippen molar-refractivity contribution >= 4 is 21.9 Å². The van der Waals surface area contributed by atoms with E-state index in [0.717, 1.165) is 18.4 Å². The number of carboxylic acid groups (broad SMARTS) is 1. The molecule has 0 aliphatic heterocycles. The Bertz CT molecular complexity index is 449. The highest BCUT2D eigenvalue weighted by molar-refractivity contribution is 9.10. The minimum atomic E-state index is -0.777. The van der Waals surface area contributed by atoms with Gasteiger partial charge in [-0.2, -0.15) is 0 Å². The zero-order valence-corrected chi connectivity index (χ0v) is 11.5. The molecule has 1 aromatic carbocycles. The number of nitrogens with zero attached hydrogens (tertiary/aromatic N) is 1. The maximum Gasteiger partial charge on any atom is 0.304 e. The Morgan fingerprint density at radius 1 is 1.50 bits per heavy atom. The number of hydrogen-bond acceptors (Lipinski definition) is 2. The summed E-state index contributed by atoms with van der Waals surface area (Å²) in [5.74, 6) is -1.05. The van der Waals surface area contributed by atoms with E-state index in [1.807, 2.05) is 0 Å². The summed E-state index contributed by atoms with van der Waals surface area (Å²) in [6, 6.07) is 5.43. The molecule has 0 amide bonds. The zero-order valence-electron chi connectivity index (χ0n) is 9.90. The zero-order chi connectivity index (χ0) is 13.1. The van der Waals surface area contributed by atoms with Crippen molar-refractivity contribution in [2.24, 2.45) is 0 Å². The van der Waals surface area contributed by atoms with Crippen molar-refractivity contribution in [2.75, 3.05) is 6.54 Å². The first-order valence-electron chi connectivity index (χ1n) is 5.96. The second kappa shape index (κ2) is 5.80. The molecule has 0 radical (unpaired) electrons. The first kappa shape index (κ1) is 13.5. The number of rotatable bonds is 6. The Kier molecular flexibility index (Phi) is 4.35. The Morgan fingerprint density at radius 3 is 2.78 bits per heavy atom. The maximum absolute atomic E-state index is 13.1. The van der Waals surface area contributed by atoms with Gasteiger partial charge in [0, 0.05) is 19.1 Å². The van der Waals surface area contributed by atoms with Crippen molar-refractivity contribution in [3.8, 4) is 0 Å². The highest BCUT2D eigenvalue weighted by Crippen LogP contribution is 2.29. The molecule has 0 saturated heterocycles. The topological polar surface area (TPSA) is 40.5 Å². The predicted molar refractivity (Wildman–Crippen MR) is 69.8 cm³/mol. The fourth-order valence-electron chi connectivity index (χ4n) is 1.94. The molecule has 0 aromatic heterocycles. The summed E-state index contributed by atoms with van der Waals surface area (Å²) in [6.07, 6.45) is 2.41. The molecule has 2 rings (SSSR count). The van der Waals surface area contributed by atoms with Crippen LogP contribution in [-0.2, 0) is 11.3 Å². The molecular weight excluding hydrogens is 301 g/mol. The molecule has 0 spiro atoms. The summed E-state index contributed by atoms with van der Waals surface area (Å²) in [4.78, 5) is 12.8. The first-order valence-corrected chi connectivity index (χ1v) is 6.75. The van der Waals surface area contributed by atoms with Crippen LogP contribution in [-0.4, -0.2) is 28.6 Å². The Morgan fingerprint density at radius 2 is 2.22 bits per heavy atom. The van der Waals surface area contributed by atoms with Crippen LogP contribution < -0.4 is 0 Å². The van der Waals surface area contributed by atoms with E-state index >= 15 is 0 Å². The van der Waals surface area contributed by atoms with Crippen molar-refractivity contribution in [3.63, 3.8) is 0 Å². The van der Waals surface area contributed by atoms with Gasteiger partial charge < -0.3 is 5.11 Å². The smallest absolute Gasteiger partial charge is 0.304 e. The van der Waals surface area contributed by atoms with Gasteiger partial charge in [0.2, 0.25) is 0 Å². The van der Waals surface area contributed by atoms with Crippen molar-refractivity contribution < 1.29 is 14.3 Å². The summed E-state index contributed by atoms with van der Waals surface area (Å²) in [5.41, 5.74) is 1.00. The van der Waals surface area contributed by atoms with Crippen molar-refractivity contribution in [1.29, 1.82) is 0 Å². The first-order chi connectivity index (χ1) is 8.56. The van der Waals surface area contributed by atoms with E-state index in [9.17, 15) is 9.18 Å². The van der Waals surface area contributed by atoms with Gasteiger partial charge in [0.05, 0.1) is 10.9 Å². The summed E-state index contributed by atoms with van der Waals surface area (Å²) in [7, 11) is 0. The van der Waals surface area contributed by atoms with Gasteiger partial charge in [0.15, 0.2) is 0 Å². The standard InChI is InChI=1S/C13H15BrFNO2/c14-11-7-9(1-4-12(11)15)8-16(10-2-3-10)6-5-13(17)18/h1,4,7,10H,2-3,5-6,8H2,(H,17,18). The van der Waals surface area contributed by atoms with Crippen LogP contribution in [0.4, 0.5) is 4.39 Å². The molecule has 1 aliphatic rings.